The van der Waals surface area contributed by atoms with Crippen LogP contribution in [0.3, 0.4) is 0 Å². The molecule has 24 heavy (non-hydrogen) atoms. The summed E-state index contributed by atoms with van der Waals surface area (Å²) in [5, 5.41) is 20.4. The van der Waals surface area contributed by atoms with Gasteiger partial charge in [0, 0.05) is 25.4 Å². The highest BCUT2D eigenvalue weighted by molar-refractivity contribution is 5.74. The van der Waals surface area contributed by atoms with E-state index in [2.05, 4.69) is 29.6 Å². The van der Waals surface area contributed by atoms with E-state index in [1.165, 1.54) is 25.7 Å². The molecule has 1 heterocycles. The standard InChI is InChI=1S/C18H32N4O2/c1-14(2)9-18(7-5-6-8-18)13-20-16(23)19-12-17(3,24)15-10-21-22(4)11-15/h10-11,14,24H,5-9,12-13H2,1-4H3,(H2,19,20,23). The van der Waals surface area contributed by atoms with Crippen LogP contribution < -0.4 is 10.6 Å². The fourth-order valence-electron chi connectivity index (χ4n) is 3.83. The summed E-state index contributed by atoms with van der Waals surface area (Å²) in [5.74, 6) is 0.638. The molecule has 1 unspecified atom stereocenters. The molecule has 1 aliphatic rings. The van der Waals surface area contributed by atoms with Crippen LogP contribution >= 0.6 is 0 Å². The van der Waals surface area contributed by atoms with Crippen molar-refractivity contribution in [2.45, 2.75) is 58.5 Å². The first kappa shape index (κ1) is 18.8. The molecule has 1 aromatic rings. The first-order valence-electron chi connectivity index (χ1n) is 8.96. The van der Waals surface area contributed by atoms with E-state index in [1.807, 2.05) is 0 Å². The maximum absolute atomic E-state index is 12.2. The van der Waals surface area contributed by atoms with E-state index in [0.29, 0.717) is 18.0 Å². The van der Waals surface area contributed by atoms with Crippen LogP contribution in [0, 0.1) is 11.3 Å². The molecular weight excluding hydrogens is 304 g/mol. The molecule has 6 heteroatoms. The second-order valence-corrected chi connectivity index (χ2v) is 8.02. The van der Waals surface area contributed by atoms with Gasteiger partial charge in [0.1, 0.15) is 5.60 Å². The van der Waals surface area contributed by atoms with Crippen LogP contribution in [0.5, 0.6) is 0 Å². The van der Waals surface area contributed by atoms with Crippen molar-refractivity contribution in [3.8, 4) is 0 Å². The molecule has 1 fully saturated rings. The van der Waals surface area contributed by atoms with Crippen molar-refractivity contribution in [2.24, 2.45) is 18.4 Å². The lowest BCUT2D eigenvalue weighted by molar-refractivity contribution is 0.0591. The van der Waals surface area contributed by atoms with Gasteiger partial charge in [-0.1, -0.05) is 26.7 Å². The first-order chi connectivity index (χ1) is 11.2. The minimum atomic E-state index is -1.13. The van der Waals surface area contributed by atoms with Gasteiger partial charge in [-0.25, -0.2) is 4.79 Å². The van der Waals surface area contributed by atoms with E-state index in [1.54, 1.807) is 31.0 Å². The Balaban J connectivity index is 1.82. The predicted octanol–water partition coefficient (Wildman–Crippen LogP) is 2.53. The summed E-state index contributed by atoms with van der Waals surface area (Å²) in [6.45, 7) is 7.03. The first-order valence-corrected chi connectivity index (χ1v) is 8.96. The largest absolute Gasteiger partial charge is 0.383 e. The number of rotatable bonds is 7. The van der Waals surface area contributed by atoms with Gasteiger partial charge >= 0.3 is 6.03 Å². The molecule has 2 rings (SSSR count). The number of aliphatic hydroxyl groups is 1. The van der Waals surface area contributed by atoms with Crippen LogP contribution in [0.2, 0.25) is 0 Å². The van der Waals surface area contributed by atoms with E-state index in [9.17, 15) is 9.90 Å². The molecular formula is C18H32N4O2. The van der Waals surface area contributed by atoms with Crippen LogP contribution in [0.15, 0.2) is 12.4 Å². The fraction of sp³-hybridized carbons (Fsp3) is 0.778. The molecule has 1 atom stereocenters. The zero-order valence-electron chi connectivity index (χ0n) is 15.4. The molecule has 0 aromatic carbocycles. The maximum Gasteiger partial charge on any atom is 0.314 e. The summed E-state index contributed by atoms with van der Waals surface area (Å²) in [6, 6.07) is -0.214. The molecule has 0 saturated heterocycles. The topological polar surface area (TPSA) is 79.2 Å². The molecule has 0 radical (unpaired) electrons. The third-order valence-electron chi connectivity index (χ3n) is 5.05. The number of aryl methyl sites for hydroxylation is 1. The van der Waals surface area contributed by atoms with Crippen molar-refractivity contribution in [3.05, 3.63) is 18.0 Å². The molecule has 136 valence electrons. The van der Waals surface area contributed by atoms with Gasteiger partial charge in [0.05, 0.1) is 12.7 Å². The Labute approximate surface area is 145 Å². The molecule has 0 spiro atoms. The summed E-state index contributed by atoms with van der Waals surface area (Å²) in [4.78, 5) is 12.2. The summed E-state index contributed by atoms with van der Waals surface area (Å²) < 4.78 is 1.64. The summed E-state index contributed by atoms with van der Waals surface area (Å²) in [7, 11) is 1.80. The second-order valence-electron chi connectivity index (χ2n) is 8.02. The highest BCUT2D eigenvalue weighted by atomic mass is 16.3. The van der Waals surface area contributed by atoms with Crippen LogP contribution in [0.25, 0.3) is 0 Å². The number of amides is 2. The van der Waals surface area contributed by atoms with Gasteiger partial charge < -0.3 is 15.7 Å². The molecule has 3 N–H and O–H groups in total. The lowest BCUT2D eigenvalue weighted by Gasteiger charge is -2.31. The number of carbonyl (C=O) groups is 1. The number of hydrogen-bond donors (Lipinski definition) is 3. The van der Waals surface area contributed by atoms with Crippen molar-refractivity contribution in [3.63, 3.8) is 0 Å². The summed E-state index contributed by atoms with van der Waals surface area (Å²) in [5.41, 5.74) is -0.191. The van der Waals surface area contributed by atoms with E-state index >= 15 is 0 Å². The monoisotopic (exact) mass is 336 g/mol. The second kappa shape index (κ2) is 7.55. The summed E-state index contributed by atoms with van der Waals surface area (Å²) >= 11 is 0. The Morgan fingerprint density at radius 1 is 1.42 bits per heavy atom. The predicted molar refractivity (Wildman–Crippen MR) is 94.5 cm³/mol. The normalized spacial score (nSPS) is 19.2. The minimum absolute atomic E-state index is 0.154. The van der Waals surface area contributed by atoms with Crippen molar-refractivity contribution < 1.29 is 9.90 Å². The Hall–Kier alpha value is -1.56. The van der Waals surface area contributed by atoms with Crippen molar-refractivity contribution in [1.82, 2.24) is 20.4 Å². The highest BCUT2D eigenvalue weighted by Crippen LogP contribution is 2.42. The number of carbonyl (C=O) groups excluding carboxylic acids is 1. The summed E-state index contributed by atoms with van der Waals surface area (Å²) in [6.07, 6.45) is 9.43. The Bertz CT molecular complexity index is 545. The van der Waals surface area contributed by atoms with Gasteiger partial charge in [-0.15, -0.1) is 0 Å². The number of urea groups is 1. The molecule has 1 aliphatic carbocycles. The minimum Gasteiger partial charge on any atom is -0.383 e. The van der Waals surface area contributed by atoms with Crippen LogP contribution in [-0.2, 0) is 12.6 Å². The molecule has 1 aromatic heterocycles. The Kier molecular flexibility index (Phi) is 5.91. The smallest absolute Gasteiger partial charge is 0.314 e. The van der Waals surface area contributed by atoms with Crippen molar-refractivity contribution in [1.29, 1.82) is 0 Å². The lowest BCUT2D eigenvalue weighted by atomic mass is 9.78. The van der Waals surface area contributed by atoms with E-state index in [4.69, 9.17) is 0 Å². The number of aromatic nitrogens is 2. The van der Waals surface area contributed by atoms with Crippen molar-refractivity contribution in [2.75, 3.05) is 13.1 Å². The Morgan fingerprint density at radius 2 is 2.08 bits per heavy atom. The fourth-order valence-corrected chi connectivity index (χ4v) is 3.83. The third-order valence-corrected chi connectivity index (χ3v) is 5.05. The average molecular weight is 336 g/mol. The van der Waals surface area contributed by atoms with Gasteiger partial charge in [-0.3, -0.25) is 4.68 Å². The lowest BCUT2D eigenvalue weighted by Crippen LogP contribution is -2.46. The van der Waals surface area contributed by atoms with Gasteiger partial charge in [-0.05, 0) is 37.5 Å². The van der Waals surface area contributed by atoms with Gasteiger partial charge in [0.15, 0.2) is 0 Å². The molecule has 0 aliphatic heterocycles. The molecule has 6 nitrogen and oxygen atoms in total. The number of nitrogens with one attached hydrogen (secondary N) is 2. The van der Waals surface area contributed by atoms with Crippen molar-refractivity contribution >= 4 is 6.03 Å². The quantitative estimate of drug-likeness (QED) is 0.716. The maximum atomic E-state index is 12.2. The van der Waals surface area contributed by atoms with E-state index < -0.39 is 5.60 Å². The van der Waals surface area contributed by atoms with Gasteiger partial charge in [0.2, 0.25) is 0 Å². The number of nitrogens with zero attached hydrogens (tertiary/aromatic N) is 2. The highest BCUT2D eigenvalue weighted by Gasteiger charge is 2.34. The third kappa shape index (κ3) is 4.97. The molecule has 2 amide bonds. The Morgan fingerprint density at radius 3 is 2.62 bits per heavy atom. The van der Waals surface area contributed by atoms with Crippen LogP contribution in [-0.4, -0.2) is 34.0 Å². The zero-order valence-corrected chi connectivity index (χ0v) is 15.4. The van der Waals surface area contributed by atoms with Crippen LogP contribution in [0.4, 0.5) is 4.79 Å². The van der Waals surface area contributed by atoms with Crippen LogP contribution in [0.1, 0.15) is 58.4 Å². The molecule has 0 bridgehead atoms. The SMILES string of the molecule is CC(C)CC1(CNC(=O)NCC(C)(O)c2cnn(C)c2)CCCC1. The van der Waals surface area contributed by atoms with Gasteiger partial charge in [0.25, 0.3) is 0 Å². The van der Waals surface area contributed by atoms with Gasteiger partial charge in [-0.2, -0.15) is 5.10 Å². The zero-order chi connectivity index (χ0) is 17.8. The average Bonchev–Trinajstić information content (AvgIpc) is 3.12. The number of hydrogen-bond acceptors (Lipinski definition) is 3. The van der Waals surface area contributed by atoms with E-state index in [-0.39, 0.29) is 18.0 Å². The molecule has 1 saturated carbocycles. The van der Waals surface area contributed by atoms with E-state index in [0.717, 1.165) is 6.42 Å².